The molecule has 8 heteroatoms. The fourth-order valence-electron chi connectivity index (χ4n) is 1.83. The molecule has 122 valence electrons. The van der Waals surface area contributed by atoms with Crippen LogP contribution < -0.4 is 14.9 Å². The van der Waals surface area contributed by atoms with E-state index in [4.69, 9.17) is 14.7 Å². The number of rotatable bonds is 7. The van der Waals surface area contributed by atoms with Crippen molar-refractivity contribution in [2.24, 2.45) is 5.10 Å². The molecule has 1 N–H and O–H groups in total. The largest absolute Gasteiger partial charge is 0.493 e. The van der Waals surface area contributed by atoms with Gasteiger partial charge in [-0.3, -0.25) is 15.5 Å². The number of non-ortho nitro benzene ring substituents is 1. The predicted molar refractivity (Wildman–Crippen MR) is 88.4 cm³/mol. The Labute approximate surface area is 138 Å². The highest BCUT2D eigenvalue weighted by atomic mass is 16.6. The first kappa shape index (κ1) is 16.8. The molecule has 8 nitrogen and oxygen atoms in total. The summed E-state index contributed by atoms with van der Waals surface area (Å²) in [5, 5.41) is 23.2. The minimum atomic E-state index is -0.463. The molecule has 0 unspecified atom stereocenters. The predicted octanol–water partition coefficient (Wildman–Crippen LogP) is 2.95. The minimum absolute atomic E-state index is 0.0159. The maximum atomic E-state index is 10.6. The number of anilines is 1. The summed E-state index contributed by atoms with van der Waals surface area (Å²) >= 11 is 0. The molecule has 0 heterocycles. The molecule has 0 fully saturated rings. The van der Waals surface area contributed by atoms with Crippen LogP contribution in [0, 0.1) is 21.4 Å². The number of benzene rings is 2. The van der Waals surface area contributed by atoms with Crippen LogP contribution in [0.3, 0.4) is 0 Å². The average Bonchev–Trinajstić information content (AvgIpc) is 2.60. The zero-order valence-electron chi connectivity index (χ0n) is 12.8. The lowest BCUT2D eigenvalue weighted by molar-refractivity contribution is -0.384. The van der Waals surface area contributed by atoms with Crippen molar-refractivity contribution in [1.29, 1.82) is 5.26 Å². The van der Waals surface area contributed by atoms with E-state index in [0.29, 0.717) is 17.2 Å². The highest BCUT2D eigenvalue weighted by molar-refractivity contribution is 5.81. The highest BCUT2D eigenvalue weighted by Gasteiger charge is 2.05. The van der Waals surface area contributed by atoms with E-state index in [2.05, 4.69) is 10.5 Å². The van der Waals surface area contributed by atoms with Gasteiger partial charge in [-0.1, -0.05) is 0 Å². The van der Waals surface area contributed by atoms with Crippen LogP contribution >= 0.6 is 0 Å². The van der Waals surface area contributed by atoms with Gasteiger partial charge < -0.3 is 9.47 Å². The number of hydrazone groups is 1. The van der Waals surface area contributed by atoms with E-state index in [1.807, 2.05) is 6.07 Å². The van der Waals surface area contributed by atoms with Crippen LogP contribution in [0.2, 0.25) is 0 Å². The molecule has 0 radical (unpaired) electrons. The Morgan fingerprint density at radius 3 is 2.67 bits per heavy atom. The Kier molecular flexibility index (Phi) is 5.69. The number of hydrogen-bond donors (Lipinski definition) is 1. The van der Waals surface area contributed by atoms with E-state index < -0.39 is 4.92 Å². The number of hydrogen-bond acceptors (Lipinski definition) is 7. The number of nitrogens with zero attached hydrogens (tertiary/aromatic N) is 3. The van der Waals surface area contributed by atoms with Crippen LogP contribution in [0.5, 0.6) is 11.5 Å². The molecule has 0 aliphatic rings. The second-order valence-electron chi connectivity index (χ2n) is 4.53. The summed E-state index contributed by atoms with van der Waals surface area (Å²) in [6, 6.07) is 13.0. The van der Waals surface area contributed by atoms with E-state index in [-0.39, 0.29) is 12.3 Å². The SMILES string of the molecule is COc1cc(C=NNc2ccc([N+](=O)[O-])cc2)ccc1OCC#N. The van der Waals surface area contributed by atoms with Gasteiger partial charge in [0, 0.05) is 12.1 Å². The Hall–Kier alpha value is -3.60. The fourth-order valence-corrected chi connectivity index (χ4v) is 1.83. The first-order valence-electron chi connectivity index (χ1n) is 6.85. The molecule has 24 heavy (non-hydrogen) atoms. The Morgan fingerprint density at radius 1 is 1.29 bits per heavy atom. The topological polar surface area (TPSA) is 110 Å². The van der Waals surface area contributed by atoms with Crippen molar-refractivity contribution < 1.29 is 14.4 Å². The number of nitro benzene ring substituents is 1. The maximum absolute atomic E-state index is 10.6. The van der Waals surface area contributed by atoms with Gasteiger partial charge in [0.25, 0.3) is 5.69 Å². The van der Waals surface area contributed by atoms with Gasteiger partial charge in [-0.2, -0.15) is 10.4 Å². The quantitative estimate of drug-likeness (QED) is 0.476. The molecular formula is C16H14N4O4. The molecule has 0 aromatic heterocycles. The third-order valence-electron chi connectivity index (χ3n) is 2.97. The Morgan fingerprint density at radius 2 is 2.04 bits per heavy atom. The van der Waals surface area contributed by atoms with Crippen LogP contribution in [0.1, 0.15) is 5.56 Å². The highest BCUT2D eigenvalue weighted by Crippen LogP contribution is 2.27. The van der Waals surface area contributed by atoms with E-state index in [1.54, 1.807) is 36.5 Å². The van der Waals surface area contributed by atoms with Crippen molar-refractivity contribution in [2.45, 2.75) is 0 Å². The standard InChI is InChI=1S/C16H14N4O4/c1-23-16-10-12(2-7-15(16)24-9-8-17)11-18-19-13-3-5-14(6-4-13)20(21)22/h2-7,10-11,19H,9H2,1H3. The molecule has 2 aromatic rings. The second-order valence-corrected chi connectivity index (χ2v) is 4.53. The van der Waals surface area contributed by atoms with Crippen molar-refractivity contribution in [3.05, 3.63) is 58.1 Å². The summed E-state index contributed by atoms with van der Waals surface area (Å²) in [6.45, 7) is -0.0640. The summed E-state index contributed by atoms with van der Waals surface area (Å²) < 4.78 is 10.4. The zero-order valence-corrected chi connectivity index (χ0v) is 12.8. The van der Waals surface area contributed by atoms with Crippen LogP contribution in [-0.2, 0) is 0 Å². The summed E-state index contributed by atoms with van der Waals surface area (Å²) in [4.78, 5) is 10.1. The Bertz CT molecular complexity index is 782. The summed E-state index contributed by atoms with van der Waals surface area (Å²) in [5.41, 5.74) is 4.17. The van der Waals surface area contributed by atoms with Crippen molar-refractivity contribution >= 4 is 17.6 Å². The van der Waals surface area contributed by atoms with Crippen LogP contribution in [-0.4, -0.2) is 24.9 Å². The molecule has 0 bridgehead atoms. The van der Waals surface area contributed by atoms with E-state index in [9.17, 15) is 10.1 Å². The van der Waals surface area contributed by atoms with Crippen LogP contribution in [0.4, 0.5) is 11.4 Å². The molecule has 0 saturated carbocycles. The maximum Gasteiger partial charge on any atom is 0.269 e. The van der Waals surface area contributed by atoms with Crippen molar-refractivity contribution in [3.63, 3.8) is 0 Å². The van der Waals surface area contributed by atoms with Crippen molar-refractivity contribution in [1.82, 2.24) is 0 Å². The van der Waals surface area contributed by atoms with Crippen LogP contribution in [0.25, 0.3) is 0 Å². The first-order chi connectivity index (χ1) is 11.6. The lowest BCUT2D eigenvalue weighted by Crippen LogP contribution is -1.98. The first-order valence-corrected chi connectivity index (χ1v) is 6.85. The number of nitrogens with one attached hydrogen (secondary N) is 1. The van der Waals surface area contributed by atoms with Crippen molar-refractivity contribution in [3.8, 4) is 17.6 Å². The normalized spacial score (nSPS) is 10.2. The third kappa shape index (κ3) is 4.45. The van der Waals surface area contributed by atoms with Crippen LogP contribution in [0.15, 0.2) is 47.6 Å². The smallest absolute Gasteiger partial charge is 0.269 e. The van der Waals surface area contributed by atoms with E-state index >= 15 is 0 Å². The molecule has 0 amide bonds. The monoisotopic (exact) mass is 326 g/mol. The fraction of sp³-hybridized carbons (Fsp3) is 0.125. The van der Waals surface area contributed by atoms with Gasteiger partial charge in [0.2, 0.25) is 0 Å². The molecule has 2 aromatic carbocycles. The van der Waals surface area contributed by atoms with Gasteiger partial charge in [0.1, 0.15) is 6.07 Å². The zero-order chi connectivity index (χ0) is 17.4. The lowest BCUT2D eigenvalue weighted by atomic mass is 10.2. The molecule has 0 aliphatic heterocycles. The van der Waals surface area contributed by atoms with Gasteiger partial charge >= 0.3 is 0 Å². The number of nitriles is 1. The minimum Gasteiger partial charge on any atom is -0.493 e. The summed E-state index contributed by atoms with van der Waals surface area (Å²) in [7, 11) is 1.50. The number of nitro groups is 1. The molecule has 0 atom stereocenters. The number of ether oxygens (including phenoxy) is 2. The van der Waals surface area contributed by atoms with E-state index in [0.717, 1.165) is 5.56 Å². The van der Waals surface area contributed by atoms with Gasteiger partial charge in [0.15, 0.2) is 18.1 Å². The molecular weight excluding hydrogens is 312 g/mol. The lowest BCUT2D eigenvalue weighted by Gasteiger charge is -2.08. The van der Waals surface area contributed by atoms with E-state index in [1.165, 1.54) is 19.2 Å². The van der Waals surface area contributed by atoms with Gasteiger partial charge in [-0.05, 0) is 35.9 Å². The van der Waals surface area contributed by atoms with Gasteiger partial charge in [0.05, 0.1) is 23.9 Å². The second kappa shape index (κ2) is 8.14. The van der Waals surface area contributed by atoms with Gasteiger partial charge in [-0.25, -0.2) is 0 Å². The van der Waals surface area contributed by atoms with Gasteiger partial charge in [-0.15, -0.1) is 0 Å². The van der Waals surface area contributed by atoms with Crippen molar-refractivity contribution in [2.75, 3.05) is 19.1 Å². The molecule has 0 spiro atoms. The number of methoxy groups -OCH3 is 1. The molecule has 0 saturated heterocycles. The molecule has 2 rings (SSSR count). The molecule has 0 aliphatic carbocycles. The summed E-state index contributed by atoms with van der Waals surface area (Å²) in [5.74, 6) is 0.962. The average molecular weight is 326 g/mol. The Balaban J connectivity index is 2.03. The third-order valence-corrected chi connectivity index (χ3v) is 2.97. The summed E-state index contributed by atoms with van der Waals surface area (Å²) in [6.07, 6.45) is 1.57.